The van der Waals surface area contributed by atoms with E-state index in [1.807, 2.05) is 22.8 Å². The number of nitrogens with one attached hydrogen (secondary N) is 1. The van der Waals surface area contributed by atoms with Crippen LogP contribution in [0.4, 0.5) is 5.69 Å². The Morgan fingerprint density at radius 3 is 2.46 bits per heavy atom. The minimum Gasteiger partial charge on any atom is -0.322 e. The van der Waals surface area contributed by atoms with E-state index < -0.39 is 0 Å². The topological polar surface area (TPSA) is 46.9 Å². The van der Waals surface area contributed by atoms with Crippen LogP contribution in [0.15, 0.2) is 73.1 Å². The number of aromatic nitrogens is 2. The molecular formula is C21H16ClN3O. The highest BCUT2D eigenvalue weighted by molar-refractivity contribution is 6.30. The van der Waals surface area contributed by atoms with Crippen LogP contribution in [-0.2, 0) is 0 Å². The first-order valence-corrected chi connectivity index (χ1v) is 8.59. The maximum absolute atomic E-state index is 12.3. The van der Waals surface area contributed by atoms with Crippen molar-refractivity contribution in [3.05, 3.63) is 89.2 Å². The van der Waals surface area contributed by atoms with Gasteiger partial charge in [-0.15, -0.1) is 0 Å². The normalized spacial score (nSPS) is 10.8. The Hall–Kier alpha value is -3.11. The molecule has 1 N–H and O–H groups in total. The molecule has 26 heavy (non-hydrogen) atoms. The van der Waals surface area contributed by atoms with Crippen molar-refractivity contribution >= 4 is 34.2 Å². The van der Waals surface area contributed by atoms with Crippen molar-refractivity contribution < 1.29 is 4.79 Å². The summed E-state index contributed by atoms with van der Waals surface area (Å²) in [5.74, 6) is -0.181. The molecule has 1 amide bonds. The van der Waals surface area contributed by atoms with Gasteiger partial charge in [0.25, 0.3) is 5.91 Å². The molecule has 0 saturated heterocycles. The summed E-state index contributed by atoms with van der Waals surface area (Å²) >= 11 is 5.86. The van der Waals surface area contributed by atoms with Crippen LogP contribution in [0.5, 0.6) is 0 Å². The van der Waals surface area contributed by atoms with Gasteiger partial charge in [0.15, 0.2) is 0 Å². The second-order valence-electron chi connectivity index (χ2n) is 6.11. The molecule has 0 spiro atoms. The van der Waals surface area contributed by atoms with Crippen LogP contribution in [0.1, 0.15) is 15.9 Å². The summed E-state index contributed by atoms with van der Waals surface area (Å²) in [6.07, 6.45) is 1.79. The Morgan fingerprint density at radius 2 is 1.73 bits per heavy atom. The fourth-order valence-electron chi connectivity index (χ4n) is 2.81. The van der Waals surface area contributed by atoms with E-state index in [2.05, 4.69) is 41.5 Å². The second kappa shape index (κ2) is 6.65. The minimum atomic E-state index is -0.181. The largest absolute Gasteiger partial charge is 0.322 e. The molecule has 4 nitrogen and oxygen atoms in total. The SMILES string of the molecule is Cc1ccc(-n2cnc3cc(NC(=O)c4ccc(Cl)cc4)ccc32)cc1. The number of carbonyl (C=O) groups excluding carboxylic acids is 1. The van der Waals surface area contributed by atoms with Gasteiger partial charge >= 0.3 is 0 Å². The molecule has 0 aliphatic carbocycles. The van der Waals surface area contributed by atoms with Gasteiger partial charge in [0.2, 0.25) is 0 Å². The number of aryl methyl sites for hydroxylation is 1. The van der Waals surface area contributed by atoms with Crippen LogP contribution in [0.3, 0.4) is 0 Å². The standard InChI is InChI=1S/C21H16ClN3O/c1-14-2-9-18(10-3-14)25-13-23-19-12-17(8-11-20(19)25)24-21(26)15-4-6-16(22)7-5-15/h2-13H,1H3,(H,24,26). The van der Waals surface area contributed by atoms with Crippen molar-refractivity contribution in [3.8, 4) is 5.69 Å². The zero-order valence-electron chi connectivity index (χ0n) is 14.1. The van der Waals surface area contributed by atoms with E-state index in [1.54, 1.807) is 30.6 Å². The van der Waals surface area contributed by atoms with E-state index >= 15 is 0 Å². The summed E-state index contributed by atoms with van der Waals surface area (Å²) in [4.78, 5) is 16.8. The Kier molecular flexibility index (Phi) is 4.19. The predicted octanol–water partition coefficient (Wildman–Crippen LogP) is 5.24. The summed E-state index contributed by atoms with van der Waals surface area (Å²) in [7, 11) is 0. The van der Waals surface area contributed by atoms with Crippen molar-refractivity contribution in [2.24, 2.45) is 0 Å². The lowest BCUT2D eigenvalue weighted by atomic mass is 10.2. The number of amides is 1. The lowest BCUT2D eigenvalue weighted by Crippen LogP contribution is -2.11. The molecule has 0 atom stereocenters. The Labute approximate surface area is 156 Å². The third-order valence-electron chi connectivity index (χ3n) is 4.22. The van der Waals surface area contributed by atoms with Gasteiger partial charge in [0.05, 0.1) is 11.0 Å². The molecule has 1 aromatic heterocycles. The minimum absolute atomic E-state index is 0.181. The van der Waals surface area contributed by atoms with Crippen LogP contribution in [-0.4, -0.2) is 15.5 Å². The molecule has 4 rings (SSSR count). The third-order valence-corrected chi connectivity index (χ3v) is 4.48. The summed E-state index contributed by atoms with van der Waals surface area (Å²) in [5.41, 5.74) is 5.32. The molecule has 0 aliphatic heterocycles. The average molecular weight is 362 g/mol. The highest BCUT2D eigenvalue weighted by atomic mass is 35.5. The zero-order chi connectivity index (χ0) is 18.1. The second-order valence-corrected chi connectivity index (χ2v) is 6.55. The van der Waals surface area contributed by atoms with Gasteiger partial charge < -0.3 is 5.32 Å². The third kappa shape index (κ3) is 3.19. The van der Waals surface area contributed by atoms with E-state index in [0.29, 0.717) is 16.3 Å². The van der Waals surface area contributed by atoms with Crippen molar-refractivity contribution in [3.63, 3.8) is 0 Å². The Balaban J connectivity index is 1.61. The van der Waals surface area contributed by atoms with Crippen LogP contribution in [0.25, 0.3) is 16.7 Å². The summed E-state index contributed by atoms with van der Waals surface area (Å²) < 4.78 is 2.03. The molecule has 0 fully saturated rings. The molecule has 0 radical (unpaired) electrons. The van der Waals surface area contributed by atoms with Crippen LogP contribution in [0, 0.1) is 6.92 Å². The fourth-order valence-corrected chi connectivity index (χ4v) is 2.93. The highest BCUT2D eigenvalue weighted by Gasteiger charge is 2.09. The smallest absolute Gasteiger partial charge is 0.255 e. The first kappa shape index (κ1) is 16.4. The fraction of sp³-hybridized carbons (Fsp3) is 0.0476. The van der Waals surface area contributed by atoms with Gasteiger partial charge in [0, 0.05) is 22.0 Å². The van der Waals surface area contributed by atoms with Gasteiger partial charge in [-0.25, -0.2) is 4.98 Å². The molecule has 0 aliphatic rings. The molecule has 4 aromatic rings. The molecule has 5 heteroatoms. The van der Waals surface area contributed by atoms with E-state index in [1.165, 1.54) is 5.56 Å². The summed E-state index contributed by atoms with van der Waals surface area (Å²) in [6, 6.07) is 20.8. The number of carbonyl (C=O) groups is 1. The summed E-state index contributed by atoms with van der Waals surface area (Å²) in [5, 5.41) is 3.50. The molecule has 128 valence electrons. The number of imidazole rings is 1. The number of fused-ring (bicyclic) bond motifs is 1. The Morgan fingerprint density at radius 1 is 1.00 bits per heavy atom. The Bertz CT molecular complexity index is 1080. The molecule has 3 aromatic carbocycles. The molecule has 0 saturated carbocycles. The van der Waals surface area contributed by atoms with Gasteiger partial charge in [-0.05, 0) is 61.5 Å². The van der Waals surface area contributed by atoms with Crippen molar-refractivity contribution in [2.45, 2.75) is 6.92 Å². The predicted molar refractivity (Wildman–Crippen MR) is 105 cm³/mol. The average Bonchev–Trinajstić information content (AvgIpc) is 3.06. The van der Waals surface area contributed by atoms with E-state index in [4.69, 9.17) is 11.6 Å². The highest BCUT2D eigenvalue weighted by Crippen LogP contribution is 2.22. The monoisotopic (exact) mass is 361 g/mol. The molecule has 0 unspecified atom stereocenters. The quantitative estimate of drug-likeness (QED) is 0.542. The number of anilines is 1. The van der Waals surface area contributed by atoms with E-state index in [9.17, 15) is 4.79 Å². The number of benzene rings is 3. The molecular weight excluding hydrogens is 346 g/mol. The van der Waals surface area contributed by atoms with E-state index in [-0.39, 0.29) is 5.91 Å². The number of nitrogens with zero attached hydrogens (tertiary/aromatic N) is 2. The van der Waals surface area contributed by atoms with Crippen LogP contribution < -0.4 is 5.32 Å². The number of halogens is 1. The maximum atomic E-state index is 12.3. The van der Waals surface area contributed by atoms with Crippen LogP contribution in [0.2, 0.25) is 5.02 Å². The first-order chi connectivity index (χ1) is 12.6. The number of hydrogen-bond donors (Lipinski definition) is 1. The van der Waals surface area contributed by atoms with Gasteiger partial charge in [0.1, 0.15) is 6.33 Å². The molecule has 1 heterocycles. The van der Waals surface area contributed by atoms with Gasteiger partial charge in [-0.3, -0.25) is 9.36 Å². The zero-order valence-corrected chi connectivity index (χ0v) is 14.9. The number of hydrogen-bond acceptors (Lipinski definition) is 2. The number of rotatable bonds is 3. The maximum Gasteiger partial charge on any atom is 0.255 e. The summed E-state index contributed by atoms with van der Waals surface area (Å²) in [6.45, 7) is 2.06. The lowest BCUT2D eigenvalue weighted by Gasteiger charge is -2.07. The molecule has 0 bridgehead atoms. The first-order valence-electron chi connectivity index (χ1n) is 8.21. The van der Waals surface area contributed by atoms with Crippen molar-refractivity contribution in [2.75, 3.05) is 5.32 Å². The van der Waals surface area contributed by atoms with Gasteiger partial charge in [-0.2, -0.15) is 0 Å². The van der Waals surface area contributed by atoms with Crippen molar-refractivity contribution in [1.82, 2.24) is 9.55 Å². The van der Waals surface area contributed by atoms with Crippen molar-refractivity contribution in [1.29, 1.82) is 0 Å². The lowest BCUT2D eigenvalue weighted by molar-refractivity contribution is 0.102. The van der Waals surface area contributed by atoms with Gasteiger partial charge in [-0.1, -0.05) is 29.3 Å². The van der Waals surface area contributed by atoms with Crippen LogP contribution >= 0.6 is 11.6 Å². The van der Waals surface area contributed by atoms with E-state index in [0.717, 1.165) is 16.7 Å².